The second kappa shape index (κ2) is 8.37. The topological polar surface area (TPSA) is 87.2 Å². The highest BCUT2D eigenvalue weighted by molar-refractivity contribution is 6.39. The van der Waals surface area contributed by atoms with Crippen molar-refractivity contribution in [2.24, 2.45) is 0 Å². The largest absolute Gasteiger partial charge is 0.496 e. The smallest absolute Gasteiger partial charge is 0.246 e. The minimum atomic E-state index is -0.0590. The Balaban J connectivity index is 1.65. The molecule has 1 aliphatic heterocycles. The van der Waals surface area contributed by atoms with Crippen LogP contribution in [0, 0.1) is 6.92 Å². The van der Waals surface area contributed by atoms with E-state index in [4.69, 9.17) is 16.3 Å². The van der Waals surface area contributed by atoms with E-state index in [2.05, 4.69) is 31.6 Å². The van der Waals surface area contributed by atoms with E-state index in [1.54, 1.807) is 18.2 Å². The first-order valence-corrected chi connectivity index (χ1v) is 11.0. The summed E-state index contributed by atoms with van der Waals surface area (Å²) in [5, 5.41) is 9.49. The molecule has 0 bridgehead atoms. The van der Waals surface area contributed by atoms with Gasteiger partial charge in [0, 0.05) is 37.1 Å². The monoisotopic (exact) mass is 462 g/mol. The second-order valence-electron chi connectivity index (χ2n) is 7.97. The van der Waals surface area contributed by atoms with Crippen molar-refractivity contribution in [1.29, 1.82) is 0 Å². The number of halogens is 1. The Morgan fingerprint density at radius 1 is 1.24 bits per heavy atom. The number of piperazine rings is 1. The van der Waals surface area contributed by atoms with Gasteiger partial charge in [-0.2, -0.15) is 5.10 Å². The lowest BCUT2D eigenvalue weighted by molar-refractivity contribution is -0.126. The average molecular weight is 463 g/mol. The molecule has 1 saturated heterocycles. The van der Waals surface area contributed by atoms with Gasteiger partial charge in [-0.3, -0.25) is 9.89 Å². The fraction of sp³-hybridized carbons (Fsp3) is 0.250. The maximum absolute atomic E-state index is 12.0. The first-order chi connectivity index (χ1) is 16.0. The van der Waals surface area contributed by atoms with E-state index >= 15 is 0 Å². The molecule has 0 spiro atoms. The molecule has 9 heteroatoms. The van der Waals surface area contributed by atoms with Crippen LogP contribution >= 0.6 is 11.6 Å². The van der Waals surface area contributed by atoms with E-state index in [-0.39, 0.29) is 5.91 Å². The Morgan fingerprint density at radius 3 is 2.76 bits per heavy atom. The Labute approximate surface area is 195 Å². The van der Waals surface area contributed by atoms with Crippen LogP contribution in [0.5, 0.6) is 5.75 Å². The number of aromatic amines is 1. The zero-order valence-electron chi connectivity index (χ0n) is 18.4. The van der Waals surface area contributed by atoms with Gasteiger partial charge in [0.05, 0.1) is 34.7 Å². The third-order valence-corrected chi connectivity index (χ3v) is 6.56. The second-order valence-corrected chi connectivity index (χ2v) is 8.34. The van der Waals surface area contributed by atoms with Crippen molar-refractivity contribution >= 4 is 45.1 Å². The summed E-state index contributed by atoms with van der Waals surface area (Å²) in [6, 6.07) is 5.99. The summed E-state index contributed by atoms with van der Waals surface area (Å²) in [6.45, 7) is 8.08. The molecule has 1 N–H and O–H groups in total. The van der Waals surface area contributed by atoms with Crippen molar-refractivity contribution < 1.29 is 9.53 Å². The SMILES string of the molecule is C=CC(=O)N1CCN(c2ncnc3c(Cl)c(-c4c(C)ccc5[nH]ncc45)cc(OC)c23)CC1. The normalized spacial score (nSPS) is 14.2. The van der Waals surface area contributed by atoms with Gasteiger partial charge in [-0.15, -0.1) is 0 Å². The highest BCUT2D eigenvalue weighted by Crippen LogP contribution is 2.44. The summed E-state index contributed by atoms with van der Waals surface area (Å²) >= 11 is 6.98. The number of aryl methyl sites for hydroxylation is 1. The number of nitrogens with zero attached hydrogens (tertiary/aromatic N) is 5. The van der Waals surface area contributed by atoms with E-state index in [0.717, 1.165) is 38.8 Å². The summed E-state index contributed by atoms with van der Waals surface area (Å²) < 4.78 is 5.82. The van der Waals surface area contributed by atoms with Gasteiger partial charge in [-0.05, 0) is 36.3 Å². The molecule has 33 heavy (non-hydrogen) atoms. The van der Waals surface area contributed by atoms with Gasteiger partial charge in [-0.25, -0.2) is 9.97 Å². The van der Waals surface area contributed by atoms with Crippen molar-refractivity contribution in [2.45, 2.75) is 6.92 Å². The lowest BCUT2D eigenvalue weighted by atomic mass is 9.95. The highest BCUT2D eigenvalue weighted by atomic mass is 35.5. The van der Waals surface area contributed by atoms with Gasteiger partial charge in [0.15, 0.2) is 0 Å². The molecule has 0 saturated carbocycles. The maximum Gasteiger partial charge on any atom is 0.246 e. The maximum atomic E-state index is 12.0. The van der Waals surface area contributed by atoms with Crippen LogP contribution in [0.3, 0.4) is 0 Å². The molecule has 0 radical (unpaired) electrons. The van der Waals surface area contributed by atoms with E-state index in [1.165, 1.54) is 12.4 Å². The van der Waals surface area contributed by atoms with Crippen LogP contribution < -0.4 is 9.64 Å². The van der Waals surface area contributed by atoms with Crippen LogP contribution in [0.25, 0.3) is 32.9 Å². The number of hydrogen-bond acceptors (Lipinski definition) is 6. The molecule has 2 aromatic carbocycles. The zero-order chi connectivity index (χ0) is 23.1. The molecule has 3 heterocycles. The number of carbonyl (C=O) groups excluding carboxylic acids is 1. The first kappa shape index (κ1) is 21.2. The van der Waals surface area contributed by atoms with Crippen molar-refractivity contribution in [3.8, 4) is 16.9 Å². The van der Waals surface area contributed by atoms with Crippen molar-refractivity contribution in [2.75, 3.05) is 38.2 Å². The van der Waals surface area contributed by atoms with Gasteiger partial charge in [0.2, 0.25) is 5.91 Å². The quantitative estimate of drug-likeness (QED) is 0.461. The summed E-state index contributed by atoms with van der Waals surface area (Å²) in [7, 11) is 1.63. The zero-order valence-corrected chi connectivity index (χ0v) is 19.2. The molecule has 0 unspecified atom stereocenters. The standard InChI is InChI=1S/C24H23ClN6O2/c1-4-19(32)30-7-9-31(10-8-30)24-21-18(33-3)11-15(22(25)23(21)26-13-27-24)20-14(2)5-6-17-16(20)12-28-29-17/h4-6,11-13H,1,7-10H2,2-3H3,(H,28,29). The number of ether oxygens (including phenoxy) is 1. The molecular weight excluding hydrogens is 440 g/mol. The fourth-order valence-electron chi connectivity index (χ4n) is 4.50. The van der Waals surface area contributed by atoms with E-state index in [9.17, 15) is 4.79 Å². The van der Waals surface area contributed by atoms with Gasteiger partial charge in [-0.1, -0.05) is 24.2 Å². The summed E-state index contributed by atoms with van der Waals surface area (Å²) in [4.78, 5) is 25.0. The minimum absolute atomic E-state index is 0.0590. The average Bonchev–Trinajstić information content (AvgIpc) is 3.33. The summed E-state index contributed by atoms with van der Waals surface area (Å²) in [6.07, 6.45) is 4.68. The molecule has 1 fully saturated rings. The van der Waals surface area contributed by atoms with Crippen LogP contribution in [0.2, 0.25) is 5.02 Å². The molecule has 1 amide bonds. The number of carbonyl (C=O) groups is 1. The molecular formula is C24H23ClN6O2. The number of amides is 1. The van der Waals surface area contributed by atoms with E-state index < -0.39 is 0 Å². The Hall–Kier alpha value is -3.65. The summed E-state index contributed by atoms with van der Waals surface area (Å²) in [5.74, 6) is 1.33. The van der Waals surface area contributed by atoms with Crippen LogP contribution in [0.15, 0.2) is 43.4 Å². The molecule has 0 atom stereocenters. The number of benzene rings is 2. The molecule has 1 aliphatic rings. The van der Waals surface area contributed by atoms with E-state index in [0.29, 0.717) is 42.5 Å². The molecule has 2 aromatic heterocycles. The van der Waals surface area contributed by atoms with Gasteiger partial charge in [0.25, 0.3) is 0 Å². The number of anilines is 1. The van der Waals surface area contributed by atoms with Crippen LogP contribution in [0.4, 0.5) is 5.82 Å². The number of nitrogens with one attached hydrogen (secondary N) is 1. The Kier molecular flexibility index (Phi) is 5.38. The lowest BCUT2D eigenvalue weighted by Crippen LogP contribution is -2.48. The Morgan fingerprint density at radius 2 is 2.03 bits per heavy atom. The van der Waals surface area contributed by atoms with Crippen LogP contribution in [0.1, 0.15) is 5.56 Å². The van der Waals surface area contributed by atoms with Gasteiger partial charge < -0.3 is 14.5 Å². The Bertz CT molecular complexity index is 1390. The predicted octanol–water partition coefficient (Wildman–Crippen LogP) is 3.98. The molecule has 168 valence electrons. The van der Waals surface area contributed by atoms with Gasteiger partial charge >= 0.3 is 0 Å². The third-order valence-electron chi connectivity index (χ3n) is 6.18. The van der Waals surface area contributed by atoms with Gasteiger partial charge in [0.1, 0.15) is 17.9 Å². The molecule has 0 aliphatic carbocycles. The summed E-state index contributed by atoms with van der Waals surface area (Å²) in [5.41, 5.74) is 4.45. The minimum Gasteiger partial charge on any atom is -0.496 e. The highest BCUT2D eigenvalue weighted by Gasteiger charge is 2.26. The number of fused-ring (bicyclic) bond motifs is 2. The third kappa shape index (κ3) is 3.47. The molecule has 5 rings (SSSR count). The number of aromatic nitrogens is 4. The van der Waals surface area contributed by atoms with Crippen molar-refractivity contribution in [1.82, 2.24) is 25.1 Å². The predicted molar refractivity (Wildman–Crippen MR) is 130 cm³/mol. The van der Waals surface area contributed by atoms with Crippen molar-refractivity contribution in [3.63, 3.8) is 0 Å². The van der Waals surface area contributed by atoms with Crippen LogP contribution in [-0.2, 0) is 4.79 Å². The lowest BCUT2D eigenvalue weighted by Gasteiger charge is -2.35. The molecule has 4 aromatic rings. The number of rotatable bonds is 4. The molecule has 8 nitrogen and oxygen atoms in total. The van der Waals surface area contributed by atoms with E-state index in [1.807, 2.05) is 25.1 Å². The number of H-pyrrole nitrogens is 1. The van der Waals surface area contributed by atoms with Crippen molar-refractivity contribution in [3.05, 3.63) is 54.0 Å². The fourth-order valence-corrected chi connectivity index (χ4v) is 4.79. The first-order valence-electron chi connectivity index (χ1n) is 10.6. The van der Waals surface area contributed by atoms with Crippen LogP contribution in [-0.4, -0.2) is 64.3 Å². The number of hydrogen-bond donors (Lipinski definition) is 1. The number of methoxy groups -OCH3 is 1.